The summed E-state index contributed by atoms with van der Waals surface area (Å²) in [7, 11) is -2.33. The van der Waals surface area contributed by atoms with E-state index in [0.29, 0.717) is 24.3 Å². The third-order valence-electron chi connectivity index (χ3n) is 4.38. The molecule has 2 aromatic rings. The SMILES string of the molecule is COCCNC(=O)[C@@H](Cc1ccccc1)NS(=O)(=O)c1c(C)cc(C)cc1C. The molecule has 2 N–H and O–H groups in total. The molecule has 28 heavy (non-hydrogen) atoms. The van der Waals surface area contributed by atoms with E-state index >= 15 is 0 Å². The molecule has 0 aliphatic rings. The van der Waals surface area contributed by atoms with Gasteiger partial charge < -0.3 is 10.1 Å². The first-order chi connectivity index (χ1) is 13.2. The van der Waals surface area contributed by atoms with Gasteiger partial charge in [-0.25, -0.2) is 8.42 Å². The van der Waals surface area contributed by atoms with Crippen LogP contribution in [0.5, 0.6) is 0 Å². The molecule has 1 amide bonds. The van der Waals surface area contributed by atoms with Crippen LogP contribution in [0.25, 0.3) is 0 Å². The van der Waals surface area contributed by atoms with Gasteiger partial charge in [0.2, 0.25) is 15.9 Å². The number of carbonyl (C=O) groups excluding carboxylic acids is 1. The Labute approximate surface area is 167 Å². The van der Waals surface area contributed by atoms with E-state index in [4.69, 9.17) is 4.74 Å². The Balaban J connectivity index is 2.31. The zero-order valence-corrected chi connectivity index (χ0v) is 17.6. The van der Waals surface area contributed by atoms with Crippen LogP contribution in [0, 0.1) is 20.8 Å². The average molecular weight is 405 g/mol. The van der Waals surface area contributed by atoms with Crippen molar-refractivity contribution in [1.82, 2.24) is 10.0 Å². The van der Waals surface area contributed by atoms with Gasteiger partial charge in [-0.1, -0.05) is 48.0 Å². The van der Waals surface area contributed by atoms with Crippen molar-refractivity contribution in [2.75, 3.05) is 20.3 Å². The number of benzene rings is 2. The second-order valence-corrected chi connectivity index (χ2v) is 8.53. The molecule has 0 aliphatic carbocycles. The minimum absolute atomic E-state index is 0.223. The lowest BCUT2D eigenvalue weighted by Gasteiger charge is -2.20. The van der Waals surface area contributed by atoms with Crippen LogP contribution < -0.4 is 10.0 Å². The van der Waals surface area contributed by atoms with Gasteiger partial charge in [0.05, 0.1) is 11.5 Å². The number of hydrogen-bond acceptors (Lipinski definition) is 4. The van der Waals surface area contributed by atoms with E-state index in [0.717, 1.165) is 11.1 Å². The highest BCUT2D eigenvalue weighted by Crippen LogP contribution is 2.22. The maximum absolute atomic E-state index is 13.1. The molecule has 0 aromatic heterocycles. The Morgan fingerprint density at radius 3 is 2.25 bits per heavy atom. The number of ether oxygens (including phenoxy) is 1. The highest BCUT2D eigenvalue weighted by molar-refractivity contribution is 7.89. The number of sulfonamides is 1. The molecular weight excluding hydrogens is 376 g/mol. The molecular formula is C21H28N2O4S. The molecule has 6 nitrogen and oxygen atoms in total. The smallest absolute Gasteiger partial charge is 0.241 e. The minimum atomic E-state index is -3.88. The Morgan fingerprint density at radius 2 is 1.68 bits per heavy atom. The maximum Gasteiger partial charge on any atom is 0.241 e. The van der Waals surface area contributed by atoms with Crippen LogP contribution in [0.3, 0.4) is 0 Å². The van der Waals surface area contributed by atoms with Crippen molar-refractivity contribution in [3.05, 3.63) is 64.7 Å². The van der Waals surface area contributed by atoms with Crippen LogP contribution in [0.1, 0.15) is 22.3 Å². The predicted molar refractivity (Wildman–Crippen MR) is 110 cm³/mol. The lowest BCUT2D eigenvalue weighted by atomic mass is 10.1. The number of aryl methyl sites for hydroxylation is 3. The monoisotopic (exact) mass is 404 g/mol. The van der Waals surface area contributed by atoms with Crippen molar-refractivity contribution >= 4 is 15.9 Å². The summed E-state index contributed by atoms with van der Waals surface area (Å²) in [6, 6.07) is 12.1. The fourth-order valence-corrected chi connectivity index (χ4v) is 4.92. The van der Waals surface area contributed by atoms with E-state index in [1.165, 1.54) is 0 Å². The summed E-state index contributed by atoms with van der Waals surface area (Å²) in [6.07, 6.45) is 0.253. The average Bonchev–Trinajstić information content (AvgIpc) is 2.60. The Hall–Kier alpha value is -2.22. The third-order valence-corrected chi connectivity index (χ3v) is 6.15. The number of methoxy groups -OCH3 is 1. The first-order valence-corrected chi connectivity index (χ1v) is 10.6. The Bertz CT molecular complexity index is 888. The molecule has 0 radical (unpaired) electrons. The molecule has 7 heteroatoms. The molecule has 0 heterocycles. The van der Waals surface area contributed by atoms with Crippen molar-refractivity contribution < 1.29 is 17.9 Å². The number of rotatable bonds is 9. The molecule has 0 fully saturated rings. The largest absolute Gasteiger partial charge is 0.383 e. The lowest BCUT2D eigenvalue weighted by Crippen LogP contribution is -2.48. The topological polar surface area (TPSA) is 84.5 Å². The van der Waals surface area contributed by atoms with Gasteiger partial charge in [0, 0.05) is 13.7 Å². The van der Waals surface area contributed by atoms with Crippen molar-refractivity contribution in [3.63, 3.8) is 0 Å². The van der Waals surface area contributed by atoms with Crippen LogP contribution in [-0.4, -0.2) is 40.6 Å². The van der Waals surface area contributed by atoms with E-state index < -0.39 is 16.1 Å². The van der Waals surface area contributed by atoms with Crippen LogP contribution in [0.15, 0.2) is 47.4 Å². The molecule has 0 spiro atoms. The van der Waals surface area contributed by atoms with Gasteiger partial charge in [-0.05, 0) is 43.9 Å². The molecule has 152 valence electrons. The van der Waals surface area contributed by atoms with Crippen LogP contribution in [-0.2, 0) is 26.0 Å². The van der Waals surface area contributed by atoms with Gasteiger partial charge >= 0.3 is 0 Å². The van der Waals surface area contributed by atoms with E-state index in [1.54, 1.807) is 21.0 Å². The summed E-state index contributed by atoms with van der Waals surface area (Å²) in [5, 5.41) is 2.73. The van der Waals surface area contributed by atoms with Gasteiger partial charge in [0.15, 0.2) is 0 Å². The van der Waals surface area contributed by atoms with Crippen LogP contribution in [0.4, 0.5) is 0 Å². The Kier molecular flexibility index (Phi) is 7.74. The number of hydrogen-bond donors (Lipinski definition) is 2. The van der Waals surface area contributed by atoms with Gasteiger partial charge in [0.1, 0.15) is 6.04 Å². The van der Waals surface area contributed by atoms with E-state index in [2.05, 4.69) is 10.0 Å². The Morgan fingerprint density at radius 1 is 1.07 bits per heavy atom. The molecule has 0 saturated carbocycles. The fourth-order valence-electron chi connectivity index (χ4n) is 3.27. The molecule has 0 bridgehead atoms. The standard InChI is InChI=1S/C21H28N2O4S/c1-15-12-16(2)20(17(3)13-15)28(25,26)23-19(21(24)22-10-11-27-4)14-18-8-6-5-7-9-18/h5-9,12-13,19,23H,10-11,14H2,1-4H3,(H,22,24)/t19-/m1/s1. The minimum Gasteiger partial charge on any atom is -0.383 e. The van der Waals surface area contributed by atoms with Crippen molar-refractivity contribution in [3.8, 4) is 0 Å². The highest BCUT2D eigenvalue weighted by atomic mass is 32.2. The first kappa shape index (κ1) is 22.1. The normalized spacial score (nSPS) is 12.6. The molecule has 2 aromatic carbocycles. The number of carbonyl (C=O) groups is 1. The van der Waals surface area contributed by atoms with Crippen molar-refractivity contribution in [2.45, 2.75) is 38.1 Å². The van der Waals surface area contributed by atoms with Gasteiger partial charge in [-0.2, -0.15) is 4.72 Å². The fraction of sp³-hybridized carbons (Fsp3) is 0.381. The van der Waals surface area contributed by atoms with E-state index in [1.807, 2.05) is 49.4 Å². The highest BCUT2D eigenvalue weighted by Gasteiger charge is 2.28. The van der Waals surface area contributed by atoms with Crippen LogP contribution in [0.2, 0.25) is 0 Å². The second-order valence-electron chi connectivity index (χ2n) is 6.88. The summed E-state index contributed by atoms with van der Waals surface area (Å²) in [4.78, 5) is 12.9. The molecule has 1 atom stereocenters. The zero-order chi connectivity index (χ0) is 20.7. The summed E-state index contributed by atoms with van der Waals surface area (Å²) < 4.78 is 33.8. The van der Waals surface area contributed by atoms with Crippen molar-refractivity contribution in [1.29, 1.82) is 0 Å². The van der Waals surface area contributed by atoms with Gasteiger partial charge in [-0.3, -0.25) is 4.79 Å². The quantitative estimate of drug-likeness (QED) is 0.628. The lowest BCUT2D eigenvalue weighted by molar-refractivity contribution is -0.122. The summed E-state index contributed by atoms with van der Waals surface area (Å²) in [5.74, 6) is -0.383. The zero-order valence-electron chi connectivity index (χ0n) is 16.8. The molecule has 0 saturated heterocycles. The molecule has 0 aliphatic heterocycles. The molecule has 2 rings (SSSR count). The first-order valence-electron chi connectivity index (χ1n) is 9.15. The third kappa shape index (κ3) is 5.89. The van der Waals surface area contributed by atoms with E-state index in [-0.39, 0.29) is 17.2 Å². The number of amides is 1. The van der Waals surface area contributed by atoms with Crippen LogP contribution >= 0.6 is 0 Å². The van der Waals surface area contributed by atoms with Gasteiger partial charge in [-0.15, -0.1) is 0 Å². The van der Waals surface area contributed by atoms with Gasteiger partial charge in [0.25, 0.3) is 0 Å². The maximum atomic E-state index is 13.1. The van der Waals surface area contributed by atoms with E-state index in [9.17, 15) is 13.2 Å². The predicted octanol–water partition coefficient (Wildman–Crippen LogP) is 2.26. The van der Waals surface area contributed by atoms with Crippen molar-refractivity contribution in [2.24, 2.45) is 0 Å². The number of nitrogens with one attached hydrogen (secondary N) is 2. The summed E-state index contributed by atoms with van der Waals surface area (Å²) in [5.41, 5.74) is 3.17. The summed E-state index contributed by atoms with van der Waals surface area (Å²) in [6.45, 7) is 6.11. The molecule has 0 unspecified atom stereocenters. The summed E-state index contributed by atoms with van der Waals surface area (Å²) >= 11 is 0. The second kappa shape index (κ2) is 9.82.